The Morgan fingerprint density at radius 2 is 0.711 bits per heavy atom. The molecule has 0 aliphatic carbocycles. The summed E-state index contributed by atoms with van der Waals surface area (Å²) in [5.74, 6) is -11.2. The van der Waals surface area contributed by atoms with Gasteiger partial charge in [-0.05, 0) is 49.2 Å². The van der Waals surface area contributed by atoms with Gasteiger partial charge in [0.25, 0.3) is 0 Å². The lowest BCUT2D eigenvalue weighted by atomic mass is 10.0. The monoisotopic (exact) mass is 578 g/mol. The van der Waals surface area contributed by atoms with Crippen molar-refractivity contribution in [2.45, 2.75) is 62.5 Å². The standard InChI is InChI=1S/C22H16F14O2/c1-11(23)17(25,26)21(33,34)37-19(29,30)15-7-3-13(4-8-15)14-5-9-16(10-6-14)20(31,32)38-22(35,36)18(27,28)12(2)24/h3-12H,1-2H3. The molecule has 0 aromatic heterocycles. The molecule has 2 nitrogen and oxygen atoms in total. The topological polar surface area (TPSA) is 18.5 Å². The number of halogens is 14. The van der Waals surface area contributed by atoms with Gasteiger partial charge in [0.2, 0.25) is 0 Å². The molecule has 2 aromatic rings. The smallest absolute Gasteiger partial charge is 0.246 e. The van der Waals surface area contributed by atoms with E-state index in [1.54, 1.807) is 0 Å². The summed E-state index contributed by atoms with van der Waals surface area (Å²) in [6.07, 6.45) is -29.0. The number of rotatable bonds is 11. The van der Waals surface area contributed by atoms with Gasteiger partial charge in [-0.15, -0.1) is 0 Å². The highest BCUT2D eigenvalue weighted by atomic mass is 19.3. The van der Waals surface area contributed by atoms with Crippen molar-refractivity contribution in [2.24, 2.45) is 0 Å². The van der Waals surface area contributed by atoms with E-state index >= 15 is 0 Å². The van der Waals surface area contributed by atoms with Crippen molar-refractivity contribution < 1.29 is 70.9 Å². The van der Waals surface area contributed by atoms with Crippen LogP contribution in [0.5, 0.6) is 0 Å². The summed E-state index contributed by atoms with van der Waals surface area (Å²) >= 11 is 0. The lowest BCUT2D eigenvalue weighted by molar-refractivity contribution is -0.443. The Morgan fingerprint density at radius 3 is 0.921 bits per heavy atom. The van der Waals surface area contributed by atoms with Crippen molar-refractivity contribution in [1.29, 1.82) is 0 Å². The SMILES string of the molecule is CC(F)C(F)(F)C(F)(F)OC(F)(F)c1ccc(-c2ccc(C(F)(F)OC(F)(F)C(F)(F)C(C)F)cc2)cc1. The third-order valence-corrected chi connectivity index (χ3v) is 5.06. The Balaban J connectivity index is 2.24. The summed E-state index contributed by atoms with van der Waals surface area (Å²) in [5, 5.41) is 0. The fourth-order valence-corrected chi connectivity index (χ4v) is 2.75. The molecule has 0 fully saturated rings. The largest absolute Gasteiger partial charge is 0.427 e. The van der Waals surface area contributed by atoms with Crippen LogP contribution in [0.15, 0.2) is 48.5 Å². The third-order valence-electron chi connectivity index (χ3n) is 5.06. The van der Waals surface area contributed by atoms with Gasteiger partial charge < -0.3 is 0 Å². The molecule has 0 saturated heterocycles. The van der Waals surface area contributed by atoms with E-state index < -0.39 is 59.7 Å². The van der Waals surface area contributed by atoms with E-state index in [1.807, 2.05) is 0 Å². The average molecular weight is 578 g/mol. The predicted molar refractivity (Wildman–Crippen MR) is 103 cm³/mol. The predicted octanol–water partition coefficient (Wildman–Crippen LogP) is 8.66. The minimum atomic E-state index is -5.92. The molecular weight excluding hydrogens is 562 g/mol. The highest BCUT2D eigenvalue weighted by molar-refractivity contribution is 5.64. The second-order valence-corrected chi connectivity index (χ2v) is 7.90. The Kier molecular flexibility index (Phi) is 8.45. The minimum Gasteiger partial charge on any atom is -0.246 e. The van der Waals surface area contributed by atoms with E-state index in [0.717, 1.165) is 24.3 Å². The first-order valence-corrected chi connectivity index (χ1v) is 10.1. The summed E-state index contributed by atoms with van der Waals surface area (Å²) in [7, 11) is 0. The van der Waals surface area contributed by atoms with Crippen LogP contribution in [0, 0.1) is 0 Å². The van der Waals surface area contributed by atoms with Gasteiger partial charge in [0.05, 0.1) is 11.1 Å². The fourth-order valence-electron chi connectivity index (χ4n) is 2.75. The molecule has 0 N–H and O–H groups in total. The molecule has 38 heavy (non-hydrogen) atoms. The van der Waals surface area contributed by atoms with Crippen LogP contribution in [-0.2, 0) is 21.7 Å². The highest BCUT2D eigenvalue weighted by Gasteiger charge is 2.67. The van der Waals surface area contributed by atoms with Crippen LogP contribution < -0.4 is 0 Å². The van der Waals surface area contributed by atoms with Crippen molar-refractivity contribution in [1.82, 2.24) is 0 Å². The molecule has 2 atom stereocenters. The Morgan fingerprint density at radius 1 is 0.474 bits per heavy atom. The summed E-state index contributed by atoms with van der Waals surface area (Å²) in [6, 6.07) is 4.82. The zero-order valence-electron chi connectivity index (χ0n) is 18.9. The van der Waals surface area contributed by atoms with Gasteiger partial charge in [-0.1, -0.05) is 24.3 Å². The van der Waals surface area contributed by atoms with Crippen molar-refractivity contribution >= 4 is 0 Å². The van der Waals surface area contributed by atoms with Gasteiger partial charge in [-0.2, -0.15) is 52.7 Å². The van der Waals surface area contributed by atoms with E-state index in [1.165, 1.54) is 0 Å². The lowest BCUT2D eigenvalue weighted by Gasteiger charge is -2.30. The third kappa shape index (κ3) is 6.16. The maximum atomic E-state index is 14.0. The van der Waals surface area contributed by atoms with Gasteiger partial charge in [-0.3, -0.25) is 0 Å². The van der Waals surface area contributed by atoms with Crippen LogP contribution in [0.4, 0.5) is 61.5 Å². The van der Waals surface area contributed by atoms with Crippen LogP contribution >= 0.6 is 0 Å². The zero-order valence-corrected chi connectivity index (χ0v) is 18.9. The summed E-state index contributed by atoms with van der Waals surface area (Å²) in [6.45, 7) is 0.00563. The molecule has 0 saturated carbocycles. The van der Waals surface area contributed by atoms with E-state index in [-0.39, 0.29) is 25.0 Å². The van der Waals surface area contributed by atoms with E-state index in [4.69, 9.17) is 0 Å². The van der Waals surface area contributed by atoms with Crippen molar-refractivity contribution in [3.05, 3.63) is 59.7 Å². The number of ether oxygens (including phenoxy) is 2. The first-order valence-electron chi connectivity index (χ1n) is 10.1. The molecule has 2 aromatic carbocycles. The maximum Gasteiger partial charge on any atom is 0.427 e. The second-order valence-electron chi connectivity index (χ2n) is 7.90. The second kappa shape index (κ2) is 10.2. The zero-order chi connectivity index (χ0) is 29.5. The molecule has 2 unspecified atom stereocenters. The van der Waals surface area contributed by atoms with Crippen molar-refractivity contribution in [3.63, 3.8) is 0 Å². The Hall–Kier alpha value is -2.62. The van der Waals surface area contributed by atoms with Crippen LogP contribution in [0.1, 0.15) is 25.0 Å². The molecule has 0 amide bonds. The molecular formula is C22H16F14O2. The van der Waals surface area contributed by atoms with Crippen molar-refractivity contribution in [2.75, 3.05) is 0 Å². The molecule has 0 radical (unpaired) electrons. The Labute approximate surface area is 205 Å². The van der Waals surface area contributed by atoms with Crippen LogP contribution in [0.3, 0.4) is 0 Å². The van der Waals surface area contributed by atoms with E-state index in [2.05, 4.69) is 9.47 Å². The number of hydrogen-bond donors (Lipinski definition) is 0. The van der Waals surface area contributed by atoms with Gasteiger partial charge in [0, 0.05) is 0 Å². The van der Waals surface area contributed by atoms with Gasteiger partial charge in [0.15, 0.2) is 12.3 Å². The molecule has 0 bridgehead atoms. The fraction of sp³-hybridized carbons (Fsp3) is 0.455. The minimum absolute atomic E-state index is 0.00281. The first kappa shape index (κ1) is 31.6. The molecule has 214 valence electrons. The molecule has 2 rings (SSSR count). The summed E-state index contributed by atoms with van der Waals surface area (Å²) < 4.78 is 194. The van der Waals surface area contributed by atoms with Gasteiger partial charge in [-0.25, -0.2) is 18.3 Å². The molecule has 0 aliphatic heterocycles. The molecule has 0 spiro atoms. The molecule has 16 heteroatoms. The summed E-state index contributed by atoms with van der Waals surface area (Å²) in [4.78, 5) is 0. The summed E-state index contributed by atoms with van der Waals surface area (Å²) in [5.41, 5.74) is -2.94. The number of alkyl halides is 14. The quantitative estimate of drug-likeness (QED) is 0.249. The van der Waals surface area contributed by atoms with Gasteiger partial charge in [0.1, 0.15) is 0 Å². The highest BCUT2D eigenvalue weighted by Crippen LogP contribution is 2.47. The molecule has 0 aliphatic rings. The Bertz CT molecular complexity index is 993. The average Bonchev–Trinajstić information content (AvgIpc) is 2.77. The van der Waals surface area contributed by atoms with Crippen LogP contribution in [0.25, 0.3) is 11.1 Å². The van der Waals surface area contributed by atoms with E-state index in [0.29, 0.717) is 24.3 Å². The maximum absolute atomic E-state index is 14.0. The van der Waals surface area contributed by atoms with Crippen LogP contribution in [0.2, 0.25) is 0 Å². The first-order chi connectivity index (χ1) is 17.0. The normalized spacial score (nSPS) is 15.9. The van der Waals surface area contributed by atoms with Crippen molar-refractivity contribution in [3.8, 4) is 11.1 Å². The number of hydrogen-bond acceptors (Lipinski definition) is 2. The van der Waals surface area contributed by atoms with Gasteiger partial charge >= 0.3 is 36.3 Å². The van der Waals surface area contributed by atoms with E-state index in [9.17, 15) is 61.5 Å². The number of benzene rings is 2. The van der Waals surface area contributed by atoms with Crippen LogP contribution in [-0.4, -0.2) is 36.4 Å². The lowest BCUT2D eigenvalue weighted by Crippen LogP contribution is -2.51. The molecule has 0 heterocycles.